The Balaban J connectivity index is 1.37. The molecule has 5 nitrogen and oxygen atoms in total. The van der Waals surface area contributed by atoms with Crippen LogP contribution in [0.5, 0.6) is 0 Å². The minimum atomic E-state index is -0.135. The fourth-order valence-corrected chi connectivity index (χ4v) is 7.00. The zero-order valence-corrected chi connectivity index (χ0v) is 23.8. The summed E-state index contributed by atoms with van der Waals surface area (Å²) < 4.78 is 0.889. The van der Waals surface area contributed by atoms with Gasteiger partial charge in [0.25, 0.3) is 5.91 Å². The molecule has 0 unspecified atom stereocenters. The zero-order valence-electron chi connectivity index (χ0n) is 21.4. The van der Waals surface area contributed by atoms with Crippen molar-refractivity contribution in [1.29, 1.82) is 5.26 Å². The molecule has 1 aliphatic carbocycles. The molecule has 0 spiro atoms. The number of nitrogens with zero attached hydrogens (tertiary/aromatic N) is 4. The number of aryl methyl sites for hydroxylation is 1. The van der Waals surface area contributed by atoms with Crippen LogP contribution >= 0.6 is 27.3 Å². The minimum absolute atomic E-state index is 0.135. The molecule has 0 saturated carbocycles. The van der Waals surface area contributed by atoms with Crippen molar-refractivity contribution in [1.82, 2.24) is 4.90 Å². The number of thiophene rings is 1. The van der Waals surface area contributed by atoms with Crippen LogP contribution in [0.3, 0.4) is 0 Å². The fraction of sp³-hybridized carbons (Fsp3) is 0.219. The molecule has 1 amide bonds. The summed E-state index contributed by atoms with van der Waals surface area (Å²) >= 11 is 5.16. The molecule has 0 atom stereocenters. The molecule has 6 rings (SSSR count). The van der Waals surface area contributed by atoms with Crippen LogP contribution in [0.25, 0.3) is 0 Å². The first-order valence-electron chi connectivity index (χ1n) is 13.2. The van der Waals surface area contributed by atoms with Crippen molar-refractivity contribution < 1.29 is 4.79 Å². The SMILES string of the molecule is N#Cc1c(/N=C2/C(=O)N(CN(Cc3ccccc3)Cc3ccccc3)c3ccc(Br)cc32)sc2c1CCCC2. The molecule has 2 heterocycles. The summed E-state index contributed by atoms with van der Waals surface area (Å²) in [6, 6.07) is 29.0. The normalized spacial score (nSPS) is 15.5. The van der Waals surface area contributed by atoms with Crippen molar-refractivity contribution in [3.8, 4) is 6.07 Å². The highest BCUT2D eigenvalue weighted by Crippen LogP contribution is 2.41. The minimum Gasteiger partial charge on any atom is -0.293 e. The van der Waals surface area contributed by atoms with Crippen LogP contribution in [0, 0.1) is 11.3 Å². The summed E-state index contributed by atoms with van der Waals surface area (Å²) in [5.41, 5.74) is 6.18. The maximum Gasteiger partial charge on any atom is 0.278 e. The molecule has 0 fully saturated rings. The van der Waals surface area contributed by atoms with E-state index >= 15 is 0 Å². The number of hydrogen-bond donors (Lipinski definition) is 0. The number of nitriles is 1. The molecule has 2 aliphatic rings. The zero-order chi connectivity index (χ0) is 26.8. The van der Waals surface area contributed by atoms with Crippen molar-refractivity contribution >= 4 is 49.6 Å². The molecule has 194 valence electrons. The number of carbonyl (C=O) groups is 1. The van der Waals surface area contributed by atoms with Crippen LogP contribution in [-0.2, 0) is 30.7 Å². The molecular formula is C32H27BrN4OS. The molecule has 0 radical (unpaired) electrons. The average Bonchev–Trinajstić information content (AvgIpc) is 3.44. The highest BCUT2D eigenvalue weighted by molar-refractivity contribution is 9.10. The molecule has 1 aliphatic heterocycles. The van der Waals surface area contributed by atoms with Gasteiger partial charge in [0, 0.05) is 28.0 Å². The lowest BCUT2D eigenvalue weighted by Gasteiger charge is -2.28. The largest absolute Gasteiger partial charge is 0.293 e. The van der Waals surface area contributed by atoms with E-state index in [1.54, 1.807) is 11.3 Å². The molecule has 1 aromatic heterocycles. The highest BCUT2D eigenvalue weighted by Gasteiger charge is 2.36. The number of hydrogen-bond acceptors (Lipinski definition) is 5. The van der Waals surface area contributed by atoms with Gasteiger partial charge in [0.15, 0.2) is 0 Å². The number of carbonyl (C=O) groups excluding carboxylic acids is 1. The summed E-state index contributed by atoms with van der Waals surface area (Å²) in [4.78, 5) is 24.3. The Hall–Kier alpha value is -3.57. The topological polar surface area (TPSA) is 59.7 Å². The third kappa shape index (κ3) is 5.33. The van der Waals surface area contributed by atoms with Crippen LogP contribution in [0.1, 0.15) is 45.5 Å². The number of fused-ring (bicyclic) bond motifs is 2. The van der Waals surface area contributed by atoms with Crippen LogP contribution < -0.4 is 4.90 Å². The summed E-state index contributed by atoms with van der Waals surface area (Å²) in [6.45, 7) is 1.82. The molecule has 7 heteroatoms. The number of aliphatic imine (C=N–C) groups is 1. The van der Waals surface area contributed by atoms with Gasteiger partial charge in [-0.25, -0.2) is 4.99 Å². The predicted octanol–water partition coefficient (Wildman–Crippen LogP) is 7.39. The maximum absolute atomic E-state index is 14.0. The Morgan fingerprint density at radius 3 is 2.28 bits per heavy atom. The summed E-state index contributed by atoms with van der Waals surface area (Å²) in [5, 5.41) is 10.6. The van der Waals surface area contributed by atoms with Gasteiger partial charge in [-0.2, -0.15) is 5.26 Å². The van der Waals surface area contributed by atoms with Crippen LogP contribution in [0.4, 0.5) is 10.7 Å². The van der Waals surface area contributed by atoms with E-state index in [1.807, 2.05) is 59.5 Å². The van der Waals surface area contributed by atoms with Gasteiger partial charge in [-0.1, -0.05) is 76.6 Å². The second-order valence-corrected chi connectivity index (χ2v) is 12.0. The maximum atomic E-state index is 14.0. The summed E-state index contributed by atoms with van der Waals surface area (Å²) in [6.07, 6.45) is 4.12. The molecule has 0 bridgehead atoms. The molecule has 4 aromatic rings. The van der Waals surface area contributed by atoms with E-state index in [0.29, 0.717) is 36.0 Å². The van der Waals surface area contributed by atoms with Gasteiger partial charge in [0.05, 0.1) is 17.9 Å². The van der Waals surface area contributed by atoms with Gasteiger partial charge >= 0.3 is 0 Å². The lowest BCUT2D eigenvalue weighted by atomic mass is 9.96. The first-order valence-corrected chi connectivity index (χ1v) is 14.8. The average molecular weight is 596 g/mol. The van der Waals surface area contributed by atoms with Crippen LogP contribution in [0.15, 0.2) is 88.3 Å². The Morgan fingerprint density at radius 1 is 0.949 bits per heavy atom. The molecule has 39 heavy (non-hydrogen) atoms. The van der Waals surface area contributed by atoms with Gasteiger partial charge in [-0.15, -0.1) is 11.3 Å². The Bertz CT molecular complexity index is 1550. The smallest absolute Gasteiger partial charge is 0.278 e. The molecule has 3 aromatic carbocycles. The number of anilines is 1. The van der Waals surface area contributed by atoms with Crippen molar-refractivity contribution in [2.24, 2.45) is 4.99 Å². The third-order valence-electron chi connectivity index (χ3n) is 7.27. The van der Waals surface area contributed by atoms with Gasteiger partial charge < -0.3 is 0 Å². The number of benzene rings is 3. The standard InChI is InChI=1S/C32H27BrN4OS/c33-24-15-16-28-26(17-24)30(35-31-27(18-34)25-13-7-8-14-29(25)39-31)32(38)37(28)21-36(19-22-9-3-1-4-10-22)20-23-11-5-2-6-12-23/h1-6,9-12,15-17H,7-8,13-14,19-21H2/b35-30+. The van der Waals surface area contributed by atoms with E-state index in [0.717, 1.165) is 47.0 Å². The molecular weight excluding hydrogens is 568 g/mol. The number of rotatable bonds is 7. The van der Waals surface area contributed by atoms with Crippen LogP contribution in [0.2, 0.25) is 0 Å². The van der Waals surface area contributed by atoms with Gasteiger partial charge in [-0.3, -0.25) is 14.6 Å². The Morgan fingerprint density at radius 2 is 1.62 bits per heavy atom. The second-order valence-electron chi connectivity index (χ2n) is 9.96. The number of amides is 1. The number of halogens is 1. The molecule has 0 N–H and O–H groups in total. The first-order chi connectivity index (χ1) is 19.1. The van der Waals surface area contributed by atoms with E-state index < -0.39 is 0 Å². The predicted molar refractivity (Wildman–Crippen MR) is 160 cm³/mol. The molecule has 0 saturated heterocycles. The monoisotopic (exact) mass is 594 g/mol. The lowest BCUT2D eigenvalue weighted by molar-refractivity contribution is -0.112. The Labute approximate surface area is 241 Å². The fourth-order valence-electron chi connectivity index (χ4n) is 5.42. The highest BCUT2D eigenvalue weighted by atomic mass is 79.9. The third-order valence-corrected chi connectivity index (χ3v) is 8.95. The quantitative estimate of drug-likeness (QED) is 0.224. The summed E-state index contributed by atoms with van der Waals surface area (Å²) in [5.74, 6) is -0.135. The van der Waals surface area contributed by atoms with Gasteiger partial charge in [0.2, 0.25) is 0 Å². The van der Waals surface area contributed by atoms with E-state index in [2.05, 4.69) is 51.2 Å². The van der Waals surface area contributed by atoms with Crippen LogP contribution in [-0.4, -0.2) is 23.2 Å². The van der Waals surface area contributed by atoms with Crippen molar-refractivity contribution in [3.63, 3.8) is 0 Å². The van der Waals surface area contributed by atoms with Gasteiger partial charge in [0.1, 0.15) is 16.8 Å². The Kier molecular flexibility index (Phi) is 7.43. The van der Waals surface area contributed by atoms with E-state index in [9.17, 15) is 10.1 Å². The van der Waals surface area contributed by atoms with Crippen molar-refractivity contribution in [3.05, 3.63) is 116 Å². The first kappa shape index (κ1) is 25.7. The summed E-state index contributed by atoms with van der Waals surface area (Å²) in [7, 11) is 0. The van der Waals surface area contributed by atoms with E-state index in [1.165, 1.54) is 16.0 Å². The van der Waals surface area contributed by atoms with E-state index in [-0.39, 0.29) is 5.91 Å². The second kappa shape index (κ2) is 11.3. The lowest BCUT2D eigenvalue weighted by Crippen LogP contribution is -2.40. The van der Waals surface area contributed by atoms with Gasteiger partial charge in [-0.05, 0) is 60.6 Å². The van der Waals surface area contributed by atoms with E-state index in [4.69, 9.17) is 4.99 Å². The van der Waals surface area contributed by atoms with Crippen molar-refractivity contribution in [2.45, 2.75) is 38.8 Å². The van der Waals surface area contributed by atoms with Crippen molar-refractivity contribution in [2.75, 3.05) is 11.6 Å².